The molecule has 5 heterocycles. The summed E-state index contributed by atoms with van der Waals surface area (Å²) in [7, 11) is 5.35. The van der Waals surface area contributed by atoms with Gasteiger partial charge in [0.15, 0.2) is 11.9 Å². The number of aliphatic hydroxyl groups is 1. The van der Waals surface area contributed by atoms with Gasteiger partial charge in [-0.25, -0.2) is 4.79 Å². The SMILES string of the molecule is CC[C@H]1OC(=O)[C@H](C)[C@@H](OC(=O)Cc2ccccn2)[C@H](C)[C@@H](O[C@H]2O[C@@H](C)C[C@@H](N(C)CC)[C@@H]2O)[C@](C)(OC)C[C@@H](C)C(=O)[C@H](C)[C@H]2N(CCN(C)c3cccnc3)C(=O)O[C@]12C. The first kappa shape index (κ1) is 49.8. The van der Waals surface area contributed by atoms with Gasteiger partial charge in [-0.2, -0.15) is 0 Å². The molecule has 0 saturated carbocycles. The van der Waals surface area contributed by atoms with Crippen LogP contribution in [0, 0.1) is 23.7 Å². The Labute approximate surface area is 373 Å². The maximum absolute atomic E-state index is 15.0. The van der Waals surface area contributed by atoms with Crippen molar-refractivity contribution in [3.05, 3.63) is 54.6 Å². The minimum absolute atomic E-state index is 0.116. The Bertz CT molecular complexity index is 1840. The number of rotatable bonds is 13. The number of fused-ring (bicyclic) bond motifs is 1. The molecule has 3 saturated heterocycles. The number of carbonyl (C=O) groups excluding carboxylic acids is 4. The maximum atomic E-state index is 15.0. The molecule has 14 atom stereocenters. The van der Waals surface area contributed by atoms with Gasteiger partial charge >= 0.3 is 18.0 Å². The number of ketones is 1. The molecule has 350 valence electrons. The number of aromatic nitrogens is 2. The first-order chi connectivity index (χ1) is 29.8. The van der Waals surface area contributed by atoms with E-state index in [1.807, 2.05) is 70.6 Å². The molecule has 3 aliphatic rings. The molecule has 2 aromatic rings. The number of carbonyl (C=O) groups is 4. The number of esters is 2. The molecule has 63 heavy (non-hydrogen) atoms. The van der Waals surface area contributed by atoms with Crippen LogP contribution in [0.2, 0.25) is 0 Å². The molecule has 16 nitrogen and oxygen atoms in total. The molecule has 0 spiro atoms. The van der Waals surface area contributed by atoms with Crippen molar-refractivity contribution in [2.45, 2.75) is 148 Å². The fourth-order valence-electron chi connectivity index (χ4n) is 10.0. The van der Waals surface area contributed by atoms with Crippen LogP contribution in [0.5, 0.6) is 0 Å². The van der Waals surface area contributed by atoms with Gasteiger partial charge in [-0.1, -0.05) is 40.7 Å². The predicted molar refractivity (Wildman–Crippen MR) is 234 cm³/mol. The number of ether oxygens (including phenoxy) is 6. The van der Waals surface area contributed by atoms with Crippen molar-refractivity contribution in [1.29, 1.82) is 0 Å². The Kier molecular flexibility index (Phi) is 16.7. The quantitative estimate of drug-likeness (QED) is 0.208. The molecule has 1 amide bonds. The summed E-state index contributed by atoms with van der Waals surface area (Å²) in [6, 6.07) is 7.83. The Balaban J connectivity index is 1.60. The molecule has 0 bridgehead atoms. The van der Waals surface area contributed by atoms with Gasteiger partial charge in [0.2, 0.25) is 0 Å². The van der Waals surface area contributed by atoms with Crippen LogP contribution >= 0.6 is 0 Å². The lowest BCUT2D eigenvalue weighted by Crippen LogP contribution is -2.61. The second-order valence-electron chi connectivity index (χ2n) is 18.3. The molecule has 0 aromatic carbocycles. The van der Waals surface area contributed by atoms with E-state index in [-0.39, 0.29) is 43.7 Å². The van der Waals surface area contributed by atoms with E-state index < -0.39 is 89.7 Å². The topological polar surface area (TPSA) is 179 Å². The van der Waals surface area contributed by atoms with E-state index in [2.05, 4.69) is 9.97 Å². The van der Waals surface area contributed by atoms with E-state index in [0.717, 1.165) is 5.69 Å². The molecule has 5 rings (SSSR count). The first-order valence-corrected chi connectivity index (χ1v) is 22.5. The summed E-state index contributed by atoms with van der Waals surface area (Å²) in [6.07, 6.45) is -0.587. The number of pyridine rings is 2. The van der Waals surface area contributed by atoms with Crippen LogP contribution in [0.3, 0.4) is 0 Å². The Hall–Kier alpha value is -4.22. The van der Waals surface area contributed by atoms with Crippen LogP contribution in [0.15, 0.2) is 48.9 Å². The minimum Gasteiger partial charge on any atom is -0.461 e. The van der Waals surface area contributed by atoms with Crippen molar-refractivity contribution in [1.82, 2.24) is 19.8 Å². The molecule has 0 radical (unpaired) electrons. The van der Waals surface area contributed by atoms with Gasteiger partial charge in [0.1, 0.15) is 24.1 Å². The van der Waals surface area contributed by atoms with Gasteiger partial charge < -0.3 is 43.3 Å². The molecular formula is C47H71N5O11. The van der Waals surface area contributed by atoms with E-state index in [4.69, 9.17) is 28.4 Å². The van der Waals surface area contributed by atoms with Gasteiger partial charge in [0.05, 0.1) is 53.8 Å². The van der Waals surface area contributed by atoms with Crippen molar-refractivity contribution in [2.24, 2.45) is 23.7 Å². The van der Waals surface area contributed by atoms with Crippen LogP contribution in [0.25, 0.3) is 0 Å². The van der Waals surface area contributed by atoms with E-state index in [9.17, 15) is 24.3 Å². The monoisotopic (exact) mass is 882 g/mol. The second-order valence-corrected chi connectivity index (χ2v) is 18.3. The summed E-state index contributed by atoms with van der Waals surface area (Å²) >= 11 is 0. The lowest BCUT2D eigenvalue weighted by molar-refractivity contribution is -0.302. The summed E-state index contributed by atoms with van der Waals surface area (Å²) in [5.41, 5.74) is -1.43. The van der Waals surface area contributed by atoms with Crippen LogP contribution in [-0.2, 0) is 49.2 Å². The number of Topliss-reactive ketones (excluding diaryl/α,β-unsaturated/α-hetero) is 1. The number of likely N-dealkylation sites (N-methyl/N-ethyl adjacent to an activating group) is 2. The van der Waals surface area contributed by atoms with Crippen LogP contribution < -0.4 is 4.90 Å². The largest absolute Gasteiger partial charge is 0.461 e. The minimum atomic E-state index is -1.45. The Morgan fingerprint density at radius 1 is 1.02 bits per heavy atom. The molecule has 16 heteroatoms. The van der Waals surface area contributed by atoms with Gasteiger partial charge in [-0.05, 0) is 84.8 Å². The summed E-state index contributed by atoms with van der Waals surface area (Å²) < 4.78 is 38.6. The lowest BCUT2D eigenvalue weighted by atomic mass is 9.73. The number of aliphatic hydroxyl groups excluding tert-OH is 1. The molecule has 0 unspecified atom stereocenters. The van der Waals surface area contributed by atoms with Crippen molar-refractivity contribution in [2.75, 3.05) is 45.7 Å². The zero-order valence-corrected chi connectivity index (χ0v) is 39.3. The van der Waals surface area contributed by atoms with Gasteiger partial charge in [-0.3, -0.25) is 29.3 Å². The highest BCUT2D eigenvalue weighted by molar-refractivity contribution is 5.85. The fourth-order valence-corrected chi connectivity index (χ4v) is 10.0. The van der Waals surface area contributed by atoms with Gasteiger partial charge in [0, 0.05) is 63.4 Å². The number of anilines is 1. The molecular weight excluding hydrogens is 811 g/mol. The van der Waals surface area contributed by atoms with Crippen molar-refractivity contribution >= 4 is 29.5 Å². The normalized spacial score (nSPS) is 35.7. The van der Waals surface area contributed by atoms with Crippen LogP contribution in [0.4, 0.5) is 10.5 Å². The fraction of sp³-hybridized carbons (Fsp3) is 0.702. The zero-order chi connectivity index (χ0) is 46.4. The number of hydrogen-bond donors (Lipinski definition) is 1. The third-order valence-electron chi connectivity index (χ3n) is 13.8. The van der Waals surface area contributed by atoms with Crippen LogP contribution in [0.1, 0.15) is 87.3 Å². The number of methoxy groups -OCH3 is 1. The predicted octanol–water partition coefficient (Wildman–Crippen LogP) is 5.09. The molecule has 3 fully saturated rings. The van der Waals surface area contributed by atoms with E-state index in [1.165, 1.54) is 7.11 Å². The first-order valence-electron chi connectivity index (χ1n) is 22.5. The van der Waals surface area contributed by atoms with Crippen molar-refractivity contribution in [3.8, 4) is 0 Å². The van der Waals surface area contributed by atoms with Crippen LogP contribution in [-0.4, -0.2) is 150 Å². The average molecular weight is 882 g/mol. The van der Waals surface area contributed by atoms with Gasteiger partial charge in [-0.15, -0.1) is 0 Å². The summed E-state index contributed by atoms with van der Waals surface area (Å²) in [6.45, 7) is 17.6. The van der Waals surface area contributed by atoms with Crippen molar-refractivity contribution < 1.29 is 52.7 Å². The van der Waals surface area contributed by atoms with E-state index >= 15 is 0 Å². The standard InChI is InChI=1S/C47H71N5O11/c1-13-36-47(9)41(52(45(57)63-47)23-22-51(11)34-19-17-20-48-27-34)30(5)38(54)28(3)26-46(8,58-12)42(62-44-39(55)35(50(10)14-2)24-29(4)59-44)31(6)40(32(7)43(56)60-36)61-37(53)25-33-18-15-16-21-49-33/h15-21,27-32,35-36,39-42,44,55H,13-14,22-26H2,1-12H3/t28-,29+,30+,31+,32-,35-,36-,39+,40+,41-,42-,44-,46-,47-/m1/s1. The van der Waals surface area contributed by atoms with E-state index in [0.29, 0.717) is 25.2 Å². The average Bonchev–Trinajstić information content (AvgIpc) is 3.53. The third-order valence-corrected chi connectivity index (χ3v) is 13.8. The van der Waals surface area contributed by atoms with E-state index in [1.54, 1.807) is 69.4 Å². The molecule has 0 aliphatic carbocycles. The molecule has 1 N–H and O–H groups in total. The summed E-state index contributed by atoms with van der Waals surface area (Å²) in [5, 5.41) is 11.8. The highest BCUT2D eigenvalue weighted by Crippen LogP contribution is 2.44. The Morgan fingerprint density at radius 3 is 2.37 bits per heavy atom. The summed E-state index contributed by atoms with van der Waals surface area (Å²) in [5.74, 6) is -4.88. The second kappa shape index (κ2) is 21.2. The van der Waals surface area contributed by atoms with Crippen molar-refractivity contribution in [3.63, 3.8) is 0 Å². The zero-order valence-electron chi connectivity index (χ0n) is 39.3. The Morgan fingerprint density at radius 2 is 1.75 bits per heavy atom. The highest BCUT2D eigenvalue weighted by atomic mass is 16.7. The molecule has 2 aromatic heterocycles. The summed E-state index contributed by atoms with van der Waals surface area (Å²) in [4.78, 5) is 71.7. The van der Waals surface area contributed by atoms with Gasteiger partial charge in [0.25, 0.3) is 0 Å². The number of cyclic esters (lactones) is 1. The number of hydrogen-bond acceptors (Lipinski definition) is 15. The maximum Gasteiger partial charge on any atom is 0.410 e. The smallest absolute Gasteiger partial charge is 0.410 e. The number of amides is 1. The molecule has 3 aliphatic heterocycles. The third kappa shape index (κ3) is 11.0. The lowest BCUT2D eigenvalue weighted by Gasteiger charge is -2.48. The highest BCUT2D eigenvalue weighted by Gasteiger charge is 2.60. The number of nitrogens with zero attached hydrogens (tertiary/aromatic N) is 5.